The van der Waals surface area contributed by atoms with Crippen molar-refractivity contribution in [3.05, 3.63) is 10.7 Å². The van der Waals surface area contributed by atoms with E-state index in [0.29, 0.717) is 10.4 Å². The molecule has 1 rings (SSSR count). The summed E-state index contributed by atoms with van der Waals surface area (Å²) in [7, 11) is 1.47. The first-order valence-electron chi connectivity index (χ1n) is 4.10. The SMILES string of the molecule is COc1nc(N[C@H](C)C(=O)O)ncc1Br. The van der Waals surface area contributed by atoms with Crippen LogP contribution in [0.2, 0.25) is 0 Å². The third-order valence-electron chi connectivity index (χ3n) is 1.62. The van der Waals surface area contributed by atoms with Crippen LogP contribution in [0, 0.1) is 0 Å². The molecule has 2 N–H and O–H groups in total. The second kappa shape index (κ2) is 4.92. The Kier molecular flexibility index (Phi) is 3.84. The van der Waals surface area contributed by atoms with Crippen LogP contribution >= 0.6 is 15.9 Å². The lowest BCUT2D eigenvalue weighted by molar-refractivity contribution is -0.137. The van der Waals surface area contributed by atoms with Crippen LogP contribution in [0.25, 0.3) is 0 Å². The van der Waals surface area contributed by atoms with Crippen molar-refractivity contribution in [1.29, 1.82) is 0 Å². The average Bonchev–Trinajstić information content (AvgIpc) is 2.20. The number of methoxy groups -OCH3 is 1. The molecule has 0 fully saturated rings. The van der Waals surface area contributed by atoms with Gasteiger partial charge in [0.25, 0.3) is 0 Å². The van der Waals surface area contributed by atoms with E-state index >= 15 is 0 Å². The van der Waals surface area contributed by atoms with Crippen molar-refractivity contribution in [2.75, 3.05) is 12.4 Å². The smallest absolute Gasteiger partial charge is 0.325 e. The zero-order chi connectivity index (χ0) is 11.4. The molecule has 0 aliphatic carbocycles. The summed E-state index contributed by atoms with van der Waals surface area (Å²) in [5.41, 5.74) is 0. The van der Waals surface area contributed by atoms with E-state index in [-0.39, 0.29) is 5.95 Å². The number of carboxylic acid groups (broad SMARTS) is 1. The normalized spacial score (nSPS) is 11.9. The summed E-state index contributed by atoms with van der Waals surface area (Å²) in [4.78, 5) is 18.4. The summed E-state index contributed by atoms with van der Waals surface area (Å²) in [5.74, 6) is -0.407. The van der Waals surface area contributed by atoms with Gasteiger partial charge in [0.05, 0.1) is 17.8 Å². The van der Waals surface area contributed by atoms with E-state index in [1.165, 1.54) is 20.2 Å². The van der Waals surface area contributed by atoms with Crippen LogP contribution in [0.4, 0.5) is 5.95 Å². The minimum absolute atomic E-state index is 0.213. The fourth-order valence-corrected chi connectivity index (χ4v) is 1.17. The van der Waals surface area contributed by atoms with Crippen LogP contribution in [0.3, 0.4) is 0 Å². The van der Waals surface area contributed by atoms with Crippen molar-refractivity contribution in [3.8, 4) is 5.88 Å². The predicted octanol–water partition coefficient (Wildman–Crippen LogP) is 1.13. The molecule has 0 saturated carbocycles. The Morgan fingerprint density at radius 3 is 2.93 bits per heavy atom. The van der Waals surface area contributed by atoms with E-state index in [1.54, 1.807) is 0 Å². The summed E-state index contributed by atoms with van der Waals surface area (Å²) in [6, 6.07) is -0.754. The number of hydrogen-bond acceptors (Lipinski definition) is 5. The number of ether oxygens (including phenoxy) is 1. The van der Waals surface area contributed by atoms with Crippen molar-refractivity contribution in [3.63, 3.8) is 0 Å². The van der Waals surface area contributed by atoms with Gasteiger partial charge in [0.15, 0.2) is 0 Å². The van der Waals surface area contributed by atoms with E-state index in [0.717, 1.165) is 0 Å². The molecule has 1 aromatic rings. The summed E-state index contributed by atoms with van der Waals surface area (Å²) in [6.07, 6.45) is 1.49. The highest BCUT2D eigenvalue weighted by molar-refractivity contribution is 9.10. The van der Waals surface area contributed by atoms with Gasteiger partial charge in [-0.15, -0.1) is 0 Å². The first kappa shape index (κ1) is 11.7. The Balaban J connectivity index is 2.83. The Bertz CT molecular complexity index is 372. The Morgan fingerprint density at radius 2 is 2.40 bits per heavy atom. The zero-order valence-corrected chi connectivity index (χ0v) is 9.78. The van der Waals surface area contributed by atoms with Gasteiger partial charge in [0.1, 0.15) is 6.04 Å². The lowest BCUT2D eigenvalue weighted by Crippen LogP contribution is -2.26. The van der Waals surface area contributed by atoms with E-state index < -0.39 is 12.0 Å². The minimum Gasteiger partial charge on any atom is -0.480 e. The van der Waals surface area contributed by atoms with Crippen LogP contribution in [0.15, 0.2) is 10.7 Å². The maximum Gasteiger partial charge on any atom is 0.325 e. The van der Waals surface area contributed by atoms with Gasteiger partial charge in [0, 0.05) is 0 Å². The number of hydrogen-bond donors (Lipinski definition) is 2. The Labute approximate surface area is 94.8 Å². The van der Waals surface area contributed by atoms with Crippen LogP contribution in [-0.4, -0.2) is 34.2 Å². The highest BCUT2D eigenvalue weighted by atomic mass is 79.9. The average molecular weight is 276 g/mol. The summed E-state index contributed by atoms with van der Waals surface area (Å²) in [6.45, 7) is 1.50. The molecule has 7 heteroatoms. The quantitative estimate of drug-likeness (QED) is 0.857. The summed E-state index contributed by atoms with van der Waals surface area (Å²) >= 11 is 3.19. The van der Waals surface area contributed by atoms with Crippen molar-refractivity contribution >= 4 is 27.8 Å². The van der Waals surface area contributed by atoms with Crippen molar-refractivity contribution < 1.29 is 14.6 Å². The molecule has 0 aliphatic heterocycles. The fraction of sp³-hybridized carbons (Fsp3) is 0.375. The van der Waals surface area contributed by atoms with Gasteiger partial charge in [-0.3, -0.25) is 4.79 Å². The highest BCUT2D eigenvalue weighted by Gasteiger charge is 2.12. The van der Waals surface area contributed by atoms with Gasteiger partial charge in [-0.25, -0.2) is 4.98 Å². The maximum absolute atomic E-state index is 10.6. The zero-order valence-electron chi connectivity index (χ0n) is 8.19. The molecule has 0 aliphatic rings. The molecule has 0 unspecified atom stereocenters. The fourth-order valence-electron chi connectivity index (χ4n) is 0.820. The Morgan fingerprint density at radius 1 is 1.73 bits per heavy atom. The largest absolute Gasteiger partial charge is 0.480 e. The highest BCUT2D eigenvalue weighted by Crippen LogP contribution is 2.21. The number of anilines is 1. The number of carbonyl (C=O) groups is 1. The number of rotatable bonds is 4. The minimum atomic E-state index is -0.972. The van der Waals surface area contributed by atoms with Crippen molar-refractivity contribution in [1.82, 2.24) is 9.97 Å². The van der Waals surface area contributed by atoms with Gasteiger partial charge in [-0.05, 0) is 22.9 Å². The van der Waals surface area contributed by atoms with Crippen LogP contribution < -0.4 is 10.1 Å². The Hall–Kier alpha value is -1.37. The lowest BCUT2D eigenvalue weighted by Gasteiger charge is -2.09. The number of nitrogens with one attached hydrogen (secondary N) is 1. The molecule has 1 atom stereocenters. The molecule has 0 aromatic carbocycles. The van der Waals surface area contributed by atoms with E-state index in [4.69, 9.17) is 9.84 Å². The van der Waals surface area contributed by atoms with Crippen molar-refractivity contribution in [2.45, 2.75) is 13.0 Å². The molecule has 6 nitrogen and oxygen atoms in total. The van der Waals surface area contributed by atoms with E-state index in [1.807, 2.05) is 0 Å². The molecule has 0 radical (unpaired) electrons. The molecule has 0 saturated heterocycles. The summed E-state index contributed by atoms with van der Waals surface area (Å²) < 4.78 is 5.55. The monoisotopic (exact) mass is 275 g/mol. The standard InChI is InChI=1S/C8H10BrN3O3/c1-4(7(13)14)11-8-10-3-5(9)6(12-8)15-2/h3-4H,1-2H3,(H,13,14)(H,10,11,12)/t4-/m1/s1. The van der Waals surface area contributed by atoms with Gasteiger partial charge < -0.3 is 15.2 Å². The third-order valence-corrected chi connectivity index (χ3v) is 2.17. The molecule has 1 aromatic heterocycles. The molecule has 0 bridgehead atoms. The predicted molar refractivity (Wildman–Crippen MR) is 57.0 cm³/mol. The molecular formula is C8H10BrN3O3. The van der Waals surface area contributed by atoms with Crippen LogP contribution in [0.1, 0.15) is 6.92 Å². The van der Waals surface area contributed by atoms with Gasteiger partial charge in [-0.1, -0.05) is 0 Å². The summed E-state index contributed by atoms with van der Waals surface area (Å²) in [5, 5.41) is 11.3. The molecule has 1 heterocycles. The van der Waals surface area contributed by atoms with Gasteiger partial charge in [0.2, 0.25) is 11.8 Å². The van der Waals surface area contributed by atoms with E-state index in [9.17, 15) is 4.79 Å². The van der Waals surface area contributed by atoms with Crippen LogP contribution in [-0.2, 0) is 4.79 Å². The number of nitrogens with zero attached hydrogens (tertiary/aromatic N) is 2. The first-order valence-corrected chi connectivity index (χ1v) is 4.89. The number of aliphatic carboxylic acids is 1. The molecule has 0 amide bonds. The number of aromatic nitrogens is 2. The molecule has 0 spiro atoms. The molecule has 82 valence electrons. The van der Waals surface area contributed by atoms with E-state index in [2.05, 4.69) is 31.2 Å². The topological polar surface area (TPSA) is 84.3 Å². The first-order chi connectivity index (χ1) is 7.04. The van der Waals surface area contributed by atoms with Gasteiger partial charge in [-0.2, -0.15) is 4.98 Å². The van der Waals surface area contributed by atoms with Crippen LogP contribution in [0.5, 0.6) is 5.88 Å². The third kappa shape index (κ3) is 3.05. The number of carboxylic acids is 1. The van der Waals surface area contributed by atoms with Gasteiger partial charge >= 0.3 is 5.97 Å². The molecule has 15 heavy (non-hydrogen) atoms. The maximum atomic E-state index is 10.6. The molecular weight excluding hydrogens is 266 g/mol. The second-order valence-corrected chi connectivity index (χ2v) is 3.61. The lowest BCUT2D eigenvalue weighted by atomic mass is 10.3. The van der Waals surface area contributed by atoms with Crippen molar-refractivity contribution in [2.24, 2.45) is 0 Å². The number of halogens is 1. The second-order valence-electron chi connectivity index (χ2n) is 2.76.